The molecule has 2 aromatic rings. The molecule has 0 aliphatic carbocycles. The Balaban J connectivity index is 2.48. The fraction of sp³-hybridized carbons (Fsp3) is 0.250. The molecule has 0 spiro atoms. The summed E-state index contributed by atoms with van der Waals surface area (Å²) in [5.41, 5.74) is 1.50. The molecule has 0 bridgehead atoms. The van der Waals surface area contributed by atoms with Crippen LogP contribution < -0.4 is 0 Å². The molecule has 3 nitrogen and oxygen atoms in total. The van der Waals surface area contributed by atoms with E-state index in [1.165, 1.54) is 18.2 Å². The number of nitrogens with zero attached hydrogens (tertiary/aromatic N) is 1. The van der Waals surface area contributed by atoms with Crippen molar-refractivity contribution in [1.29, 1.82) is 5.26 Å². The van der Waals surface area contributed by atoms with E-state index in [-0.39, 0.29) is 5.78 Å². The Morgan fingerprint density at radius 3 is 2.50 bits per heavy atom. The largest absolute Gasteiger partial charge is 0.466 e. The molecule has 0 N–H and O–H groups in total. The highest BCUT2D eigenvalue weighted by Gasteiger charge is 2.27. The standard InChI is InChI=1S/C16H14FNO2/c1-9-10(2)20-11(3)15(9)16(19)14(8-18)12-5-4-6-13(17)7-12/h4-7,14H,1-3H3. The van der Waals surface area contributed by atoms with Crippen LogP contribution in [0.25, 0.3) is 0 Å². The van der Waals surface area contributed by atoms with Crippen molar-refractivity contribution in [3.05, 3.63) is 58.3 Å². The molecule has 1 unspecified atom stereocenters. The van der Waals surface area contributed by atoms with Crippen molar-refractivity contribution in [3.63, 3.8) is 0 Å². The van der Waals surface area contributed by atoms with E-state index in [0.717, 1.165) is 5.56 Å². The van der Waals surface area contributed by atoms with Gasteiger partial charge in [-0.3, -0.25) is 4.79 Å². The van der Waals surface area contributed by atoms with Crippen molar-refractivity contribution in [2.45, 2.75) is 26.7 Å². The van der Waals surface area contributed by atoms with Crippen LogP contribution in [0.4, 0.5) is 4.39 Å². The Morgan fingerprint density at radius 2 is 2.00 bits per heavy atom. The number of hydrogen-bond acceptors (Lipinski definition) is 3. The van der Waals surface area contributed by atoms with E-state index in [2.05, 4.69) is 0 Å². The van der Waals surface area contributed by atoms with Crippen LogP contribution in [-0.2, 0) is 0 Å². The Bertz CT molecular complexity index is 710. The first-order chi connectivity index (χ1) is 9.45. The van der Waals surface area contributed by atoms with E-state index in [1.807, 2.05) is 6.07 Å². The summed E-state index contributed by atoms with van der Waals surface area (Å²) in [6.45, 7) is 5.23. The lowest BCUT2D eigenvalue weighted by molar-refractivity contribution is 0.0977. The number of nitriles is 1. The molecule has 0 fully saturated rings. The summed E-state index contributed by atoms with van der Waals surface area (Å²) >= 11 is 0. The smallest absolute Gasteiger partial charge is 0.188 e. The van der Waals surface area contributed by atoms with Crippen LogP contribution in [0.5, 0.6) is 0 Å². The molecule has 0 saturated carbocycles. The zero-order valence-electron chi connectivity index (χ0n) is 11.5. The molecule has 1 heterocycles. The van der Waals surface area contributed by atoms with Gasteiger partial charge in [0.15, 0.2) is 5.78 Å². The highest BCUT2D eigenvalue weighted by molar-refractivity contribution is 6.04. The molecule has 0 radical (unpaired) electrons. The third-order valence-corrected chi connectivity index (χ3v) is 3.38. The highest BCUT2D eigenvalue weighted by Crippen LogP contribution is 2.28. The lowest BCUT2D eigenvalue weighted by Crippen LogP contribution is -2.13. The maximum atomic E-state index is 13.3. The molecule has 2 rings (SSSR count). The van der Waals surface area contributed by atoms with Gasteiger partial charge in [0.25, 0.3) is 0 Å². The Morgan fingerprint density at radius 1 is 1.30 bits per heavy atom. The highest BCUT2D eigenvalue weighted by atomic mass is 19.1. The first-order valence-electron chi connectivity index (χ1n) is 6.21. The molecule has 1 aromatic carbocycles. The Kier molecular flexibility index (Phi) is 3.71. The molecule has 0 saturated heterocycles. The van der Waals surface area contributed by atoms with Gasteiger partial charge < -0.3 is 4.42 Å². The van der Waals surface area contributed by atoms with Gasteiger partial charge in [0.1, 0.15) is 23.3 Å². The van der Waals surface area contributed by atoms with Crippen LogP contribution in [0, 0.1) is 37.9 Å². The first kappa shape index (κ1) is 14.0. The summed E-state index contributed by atoms with van der Waals surface area (Å²) in [6, 6.07) is 7.50. The average Bonchev–Trinajstić information content (AvgIpc) is 2.64. The monoisotopic (exact) mass is 271 g/mol. The second-order valence-corrected chi connectivity index (χ2v) is 4.70. The van der Waals surface area contributed by atoms with Crippen LogP contribution in [0.15, 0.2) is 28.7 Å². The minimum absolute atomic E-state index is 0.357. The van der Waals surface area contributed by atoms with Gasteiger partial charge in [0.05, 0.1) is 11.6 Å². The van der Waals surface area contributed by atoms with Crippen LogP contribution >= 0.6 is 0 Å². The fourth-order valence-electron chi connectivity index (χ4n) is 2.27. The number of Topliss-reactive ketones (excluding diaryl/α,β-unsaturated/α-hetero) is 1. The third kappa shape index (κ3) is 2.35. The summed E-state index contributed by atoms with van der Waals surface area (Å²) in [5.74, 6) is -0.708. The van der Waals surface area contributed by atoms with E-state index in [4.69, 9.17) is 4.42 Å². The van der Waals surface area contributed by atoms with Crippen molar-refractivity contribution in [3.8, 4) is 6.07 Å². The molecule has 0 aliphatic heterocycles. The van der Waals surface area contributed by atoms with Gasteiger partial charge in [0, 0.05) is 5.56 Å². The lowest BCUT2D eigenvalue weighted by atomic mass is 9.90. The van der Waals surface area contributed by atoms with Crippen LogP contribution in [0.1, 0.15) is 38.9 Å². The summed E-state index contributed by atoms with van der Waals surface area (Å²) in [7, 11) is 0. The fourth-order valence-corrected chi connectivity index (χ4v) is 2.27. The van der Waals surface area contributed by atoms with Crippen molar-refractivity contribution < 1.29 is 13.6 Å². The number of furan rings is 1. The van der Waals surface area contributed by atoms with Crippen molar-refractivity contribution >= 4 is 5.78 Å². The van der Waals surface area contributed by atoms with Gasteiger partial charge in [-0.2, -0.15) is 5.26 Å². The van der Waals surface area contributed by atoms with Crippen molar-refractivity contribution in [1.82, 2.24) is 0 Å². The molecule has 1 aromatic heterocycles. The van der Waals surface area contributed by atoms with Crippen LogP contribution in [0.2, 0.25) is 0 Å². The topological polar surface area (TPSA) is 54.0 Å². The normalized spacial score (nSPS) is 11.9. The number of rotatable bonds is 3. The van der Waals surface area contributed by atoms with Gasteiger partial charge in [-0.25, -0.2) is 4.39 Å². The van der Waals surface area contributed by atoms with Gasteiger partial charge in [0.2, 0.25) is 0 Å². The average molecular weight is 271 g/mol. The third-order valence-electron chi connectivity index (χ3n) is 3.38. The quantitative estimate of drug-likeness (QED) is 0.797. The number of carbonyl (C=O) groups is 1. The number of aryl methyl sites for hydroxylation is 2. The van der Waals surface area contributed by atoms with Crippen LogP contribution in [-0.4, -0.2) is 5.78 Å². The zero-order valence-corrected chi connectivity index (χ0v) is 11.5. The minimum atomic E-state index is -1.03. The van der Waals surface area contributed by atoms with E-state index in [1.54, 1.807) is 26.8 Å². The van der Waals surface area contributed by atoms with E-state index in [0.29, 0.717) is 22.6 Å². The minimum Gasteiger partial charge on any atom is -0.466 e. The molecule has 20 heavy (non-hydrogen) atoms. The van der Waals surface area contributed by atoms with Crippen molar-refractivity contribution in [2.24, 2.45) is 0 Å². The lowest BCUT2D eigenvalue weighted by Gasteiger charge is -2.09. The number of carbonyl (C=O) groups excluding carboxylic acids is 1. The van der Waals surface area contributed by atoms with E-state index in [9.17, 15) is 14.4 Å². The van der Waals surface area contributed by atoms with E-state index < -0.39 is 11.7 Å². The molecule has 4 heteroatoms. The maximum Gasteiger partial charge on any atom is 0.188 e. The van der Waals surface area contributed by atoms with E-state index >= 15 is 0 Å². The molecule has 102 valence electrons. The van der Waals surface area contributed by atoms with Gasteiger partial charge >= 0.3 is 0 Å². The number of ketones is 1. The van der Waals surface area contributed by atoms with Gasteiger partial charge in [-0.05, 0) is 38.5 Å². The molecule has 0 aliphatic rings. The maximum absolute atomic E-state index is 13.3. The number of hydrogen-bond donors (Lipinski definition) is 0. The summed E-state index contributed by atoms with van der Waals surface area (Å²) in [6.07, 6.45) is 0. The first-order valence-corrected chi connectivity index (χ1v) is 6.21. The van der Waals surface area contributed by atoms with Crippen molar-refractivity contribution in [2.75, 3.05) is 0 Å². The predicted octanol–water partition coefficient (Wildman–Crippen LogP) is 3.83. The SMILES string of the molecule is Cc1oc(C)c(C(=O)C(C#N)c2cccc(F)c2)c1C. The van der Waals surface area contributed by atoms with Gasteiger partial charge in [-0.15, -0.1) is 0 Å². The van der Waals surface area contributed by atoms with Gasteiger partial charge in [-0.1, -0.05) is 12.1 Å². The summed E-state index contributed by atoms with van der Waals surface area (Å²) in [5, 5.41) is 9.27. The van der Waals surface area contributed by atoms with Crippen LogP contribution in [0.3, 0.4) is 0 Å². The summed E-state index contributed by atoms with van der Waals surface area (Å²) < 4.78 is 18.7. The molecule has 0 amide bonds. The Hall–Kier alpha value is -2.41. The Labute approximate surface area is 116 Å². The second-order valence-electron chi connectivity index (χ2n) is 4.70. The molecule has 1 atom stereocenters. The second kappa shape index (κ2) is 5.30. The zero-order chi connectivity index (χ0) is 14.9. The summed E-state index contributed by atoms with van der Waals surface area (Å²) in [4.78, 5) is 12.5. The molecular formula is C16H14FNO2. The number of benzene rings is 1. The number of halogens is 1. The predicted molar refractivity (Wildman–Crippen MR) is 72.0 cm³/mol. The molecular weight excluding hydrogens is 257 g/mol.